The average Bonchev–Trinajstić information content (AvgIpc) is 2.49. The van der Waals surface area contributed by atoms with Crippen LogP contribution in [0, 0.1) is 0 Å². The Morgan fingerprint density at radius 3 is 2.57 bits per heavy atom. The molecule has 0 atom stereocenters. The van der Waals surface area contributed by atoms with Crippen molar-refractivity contribution in [2.45, 2.75) is 0 Å². The van der Waals surface area contributed by atoms with E-state index >= 15 is 0 Å². The van der Waals surface area contributed by atoms with Gasteiger partial charge in [-0.15, -0.1) is 0 Å². The van der Waals surface area contributed by atoms with Gasteiger partial charge >= 0.3 is 0 Å². The van der Waals surface area contributed by atoms with Crippen LogP contribution in [0.3, 0.4) is 0 Å². The molecular weight excluding hydrogens is 288 g/mol. The van der Waals surface area contributed by atoms with Gasteiger partial charge in [-0.1, -0.05) is 0 Å². The summed E-state index contributed by atoms with van der Waals surface area (Å²) >= 11 is 5.23. The van der Waals surface area contributed by atoms with Crippen molar-refractivity contribution in [1.29, 1.82) is 0 Å². The van der Waals surface area contributed by atoms with E-state index in [2.05, 4.69) is 15.5 Å². The standard InChI is InChI=1S/C14H20N4O2S/c15-13(19)11-1-3-12(4-2-11)17-14(21)16-5-6-18-7-9-20-10-8-18/h1-4H,5-10H2,(H2,15,19)(H2,16,17,21). The van der Waals surface area contributed by atoms with Gasteiger partial charge in [-0.05, 0) is 36.5 Å². The minimum Gasteiger partial charge on any atom is -0.379 e. The molecule has 7 heteroatoms. The van der Waals surface area contributed by atoms with E-state index in [1.807, 2.05) is 0 Å². The summed E-state index contributed by atoms with van der Waals surface area (Å²) in [6, 6.07) is 6.88. The van der Waals surface area contributed by atoms with Gasteiger partial charge in [0.2, 0.25) is 5.91 Å². The molecule has 1 aromatic rings. The second-order valence-electron chi connectivity index (χ2n) is 4.78. The molecule has 1 aromatic carbocycles. The van der Waals surface area contributed by atoms with Crippen molar-refractivity contribution < 1.29 is 9.53 Å². The Kier molecular flexibility index (Phi) is 5.91. The van der Waals surface area contributed by atoms with Gasteiger partial charge in [0.1, 0.15) is 0 Å². The van der Waals surface area contributed by atoms with Crippen LogP contribution in [-0.2, 0) is 4.74 Å². The van der Waals surface area contributed by atoms with E-state index in [0.29, 0.717) is 10.7 Å². The normalized spacial score (nSPS) is 15.4. The maximum absolute atomic E-state index is 11.0. The summed E-state index contributed by atoms with van der Waals surface area (Å²) in [6.07, 6.45) is 0. The van der Waals surface area contributed by atoms with E-state index in [-0.39, 0.29) is 0 Å². The molecule has 0 aromatic heterocycles. The van der Waals surface area contributed by atoms with Crippen LogP contribution in [0.5, 0.6) is 0 Å². The lowest BCUT2D eigenvalue weighted by Crippen LogP contribution is -2.42. The highest BCUT2D eigenvalue weighted by atomic mass is 32.1. The van der Waals surface area contributed by atoms with Crippen LogP contribution in [0.25, 0.3) is 0 Å². The maximum Gasteiger partial charge on any atom is 0.248 e. The Hall–Kier alpha value is -1.70. The molecular formula is C14H20N4O2S. The third-order valence-corrected chi connectivity index (χ3v) is 3.49. The fraction of sp³-hybridized carbons (Fsp3) is 0.429. The average molecular weight is 308 g/mol. The summed E-state index contributed by atoms with van der Waals surface area (Å²) < 4.78 is 5.30. The molecule has 6 nitrogen and oxygen atoms in total. The molecule has 21 heavy (non-hydrogen) atoms. The maximum atomic E-state index is 11.0. The van der Waals surface area contributed by atoms with Gasteiger partial charge in [-0.25, -0.2) is 0 Å². The molecule has 0 bridgehead atoms. The molecule has 0 aliphatic carbocycles. The number of amides is 1. The van der Waals surface area contributed by atoms with Gasteiger partial charge in [-0.2, -0.15) is 0 Å². The fourth-order valence-electron chi connectivity index (χ4n) is 2.05. The third kappa shape index (κ3) is 5.30. The Labute approximate surface area is 129 Å². The lowest BCUT2D eigenvalue weighted by atomic mass is 10.2. The van der Waals surface area contributed by atoms with Crippen molar-refractivity contribution >= 4 is 28.9 Å². The van der Waals surface area contributed by atoms with Crippen molar-refractivity contribution in [1.82, 2.24) is 10.2 Å². The smallest absolute Gasteiger partial charge is 0.248 e. The van der Waals surface area contributed by atoms with Gasteiger partial charge in [0.25, 0.3) is 0 Å². The van der Waals surface area contributed by atoms with E-state index in [0.717, 1.165) is 45.1 Å². The van der Waals surface area contributed by atoms with Crippen molar-refractivity contribution in [2.75, 3.05) is 44.7 Å². The summed E-state index contributed by atoms with van der Waals surface area (Å²) in [7, 11) is 0. The summed E-state index contributed by atoms with van der Waals surface area (Å²) in [5.41, 5.74) is 6.49. The van der Waals surface area contributed by atoms with Crippen LogP contribution in [0.2, 0.25) is 0 Å². The monoisotopic (exact) mass is 308 g/mol. The van der Waals surface area contributed by atoms with E-state index in [1.54, 1.807) is 24.3 Å². The number of carbonyl (C=O) groups is 1. The molecule has 1 fully saturated rings. The first-order valence-electron chi connectivity index (χ1n) is 6.90. The van der Waals surface area contributed by atoms with Crippen molar-refractivity contribution in [3.05, 3.63) is 29.8 Å². The van der Waals surface area contributed by atoms with Gasteiger partial charge in [0.15, 0.2) is 5.11 Å². The molecule has 1 saturated heterocycles. The first kappa shape index (κ1) is 15.7. The number of nitrogens with two attached hydrogens (primary N) is 1. The number of anilines is 1. The van der Waals surface area contributed by atoms with Gasteiger partial charge < -0.3 is 21.1 Å². The van der Waals surface area contributed by atoms with Crippen LogP contribution < -0.4 is 16.4 Å². The quantitative estimate of drug-likeness (QED) is 0.684. The minimum atomic E-state index is -0.437. The Bertz CT molecular complexity index is 486. The molecule has 4 N–H and O–H groups in total. The zero-order valence-corrected chi connectivity index (χ0v) is 12.6. The Morgan fingerprint density at radius 1 is 1.29 bits per heavy atom. The molecule has 0 radical (unpaired) electrons. The molecule has 1 aliphatic heterocycles. The lowest BCUT2D eigenvalue weighted by Gasteiger charge is -2.26. The second-order valence-corrected chi connectivity index (χ2v) is 5.18. The van der Waals surface area contributed by atoms with Crippen molar-refractivity contribution in [3.8, 4) is 0 Å². The van der Waals surface area contributed by atoms with Gasteiger partial charge in [0.05, 0.1) is 13.2 Å². The highest BCUT2D eigenvalue weighted by Crippen LogP contribution is 2.08. The summed E-state index contributed by atoms with van der Waals surface area (Å²) in [4.78, 5) is 13.3. The van der Waals surface area contributed by atoms with Crippen molar-refractivity contribution in [3.63, 3.8) is 0 Å². The number of rotatable bonds is 5. The molecule has 0 unspecified atom stereocenters. The number of ether oxygens (including phenoxy) is 1. The number of nitrogens with one attached hydrogen (secondary N) is 2. The minimum absolute atomic E-state index is 0.437. The number of carbonyl (C=O) groups excluding carboxylic acids is 1. The predicted molar refractivity (Wildman–Crippen MR) is 86.4 cm³/mol. The van der Waals surface area contributed by atoms with Crippen LogP contribution in [0.1, 0.15) is 10.4 Å². The number of nitrogens with zero attached hydrogens (tertiary/aromatic N) is 1. The van der Waals surface area contributed by atoms with E-state index in [9.17, 15) is 4.79 Å². The number of hydrogen-bond acceptors (Lipinski definition) is 4. The van der Waals surface area contributed by atoms with E-state index in [4.69, 9.17) is 22.7 Å². The largest absolute Gasteiger partial charge is 0.379 e. The fourth-order valence-corrected chi connectivity index (χ4v) is 2.27. The van der Waals surface area contributed by atoms with Crippen LogP contribution in [0.15, 0.2) is 24.3 Å². The first-order valence-corrected chi connectivity index (χ1v) is 7.31. The Morgan fingerprint density at radius 2 is 1.95 bits per heavy atom. The van der Waals surface area contributed by atoms with Crippen LogP contribution >= 0.6 is 12.2 Å². The zero-order chi connectivity index (χ0) is 15.1. The molecule has 1 heterocycles. The molecule has 0 saturated carbocycles. The number of primary amides is 1. The highest BCUT2D eigenvalue weighted by molar-refractivity contribution is 7.80. The number of hydrogen-bond donors (Lipinski definition) is 3. The van der Waals surface area contributed by atoms with Crippen LogP contribution in [0.4, 0.5) is 5.69 Å². The Balaban J connectivity index is 1.70. The highest BCUT2D eigenvalue weighted by Gasteiger charge is 2.09. The van der Waals surface area contributed by atoms with Crippen LogP contribution in [-0.4, -0.2) is 55.3 Å². The summed E-state index contributed by atoms with van der Waals surface area (Å²) in [5.74, 6) is -0.437. The van der Waals surface area contributed by atoms with E-state index in [1.165, 1.54) is 0 Å². The lowest BCUT2D eigenvalue weighted by molar-refractivity contribution is 0.0389. The first-order chi connectivity index (χ1) is 10.1. The SMILES string of the molecule is NC(=O)c1ccc(NC(=S)NCCN2CCOCC2)cc1. The molecule has 1 aliphatic rings. The topological polar surface area (TPSA) is 79.6 Å². The predicted octanol–water partition coefficient (Wildman–Crippen LogP) is 0.404. The van der Waals surface area contributed by atoms with Gasteiger partial charge in [-0.3, -0.25) is 9.69 Å². The number of morpholine rings is 1. The number of thiocarbonyl (C=S) groups is 1. The summed E-state index contributed by atoms with van der Waals surface area (Å²) in [6.45, 7) is 5.26. The van der Waals surface area contributed by atoms with Crippen molar-refractivity contribution in [2.24, 2.45) is 5.73 Å². The molecule has 0 spiro atoms. The molecule has 1 amide bonds. The molecule has 114 valence electrons. The zero-order valence-electron chi connectivity index (χ0n) is 11.8. The van der Waals surface area contributed by atoms with E-state index < -0.39 is 5.91 Å². The summed E-state index contributed by atoms with van der Waals surface area (Å²) in [5, 5.41) is 6.80. The second kappa shape index (κ2) is 7.92. The third-order valence-electron chi connectivity index (χ3n) is 3.24. The number of benzene rings is 1. The molecule has 2 rings (SSSR count). The van der Waals surface area contributed by atoms with Gasteiger partial charge in [0, 0.05) is 37.4 Å².